The molecule has 1 heterocycles. The molecule has 13 aromatic carbocycles. The van der Waals surface area contributed by atoms with E-state index in [0.717, 1.165) is 22.7 Å². The molecule has 0 fully saturated rings. The molecule has 0 saturated carbocycles. The molecule has 0 atom stereocenters. The molecule has 2 nitrogen and oxygen atoms in total. The highest BCUT2D eigenvalue weighted by Gasteiger charge is 2.53. The molecule has 0 amide bonds. The van der Waals surface area contributed by atoms with Gasteiger partial charge in [-0.15, -0.1) is 0 Å². The fourth-order valence-corrected chi connectivity index (χ4v) is 15.7. The van der Waals surface area contributed by atoms with Gasteiger partial charge in [0.05, 0.1) is 33.3 Å². The van der Waals surface area contributed by atoms with Crippen LogP contribution in [-0.4, -0.2) is 0 Å². The minimum Gasteiger partial charge on any atom is -0.310 e. The summed E-state index contributed by atoms with van der Waals surface area (Å²) in [6, 6.07) is 123. The third-order valence-electron chi connectivity index (χ3n) is 18.8. The maximum Gasteiger partial charge on any atom is 0.0755 e. The second kappa shape index (κ2) is 18.2. The van der Waals surface area contributed by atoms with E-state index >= 15 is 0 Å². The zero-order chi connectivity index (χ0) is 54.7. The van der Waals surface area contributed by atoms with Crippen LogP contribution in [-0.2, 0) is 16.2 Å². The Kier molecular flexibility index (Phi) is 10.4. The van der Waals surface area contributed by atoms with Crippen LogP contribution in [0.15, 0.2) is 328 Å². The summed E-state index contributed by atoms with van der Waals surface area (Å²) in [7, 11) is 0. The normalized spacial score (nSPS) is 14.5. The van der Waals surface area contributed by atoms with Crippen molar-refractivity contribution in [1.82, 2.24) is 0 Å². The zero-order valence-corrected chi connectivity index (χ0v) is 45.6. The van der Waals surface area contributed by atoms with Crippen LogP contribution in [0.1, 0.15) is 66.8 Å². The first-order chi connectivity index (χ1) is 41.2. The van der Waals surface area contributed by atoms with Crippen molar-refractivity contribution in [2.24, 2.45) is 0 Å². The monoisotopic (exact) mass is 1050 g/mol. The minimum absolute atomic E-state index is 0.602. The molecular weight excluding hydrogens is 1000 g/mol. The van der Waals surface area contributed by atoms with Gasteiger partial charge in [-0.1, -0.05) is 273 Å². The second-order valence-electron chi connectivity index (χ2n) is 22.6. The molecule has 83 heavy (non-hydrogen) atoms. The summed E-state index contributed by atoms with van der Waals surface area (Å²) in [5.41, 5.74) is 27.5. The average molecular weight is 1060 g/mol. The Morgan fingerprint density at radius 2 is 0.566 bits per heavy atom. The summed E-state index contributed by atoms with van der Waals surface area (Å²) in [5.74, 6) is 0. The molecule has 0 saturated heterocycles. The van der Waals surface area contributed by atoms with Crippen molar-refractivity contribution in [2.45, 2.75) is 16.2 Å². The van der Waals surface area contributed by atoms with Gasteiger partial charge in [-0.2, -0.15) is 0 Å². The summed E-state index contributed by atoms with van der Waals surface area (Å²) in [5, 5.41) is 0. The van der Waals surface area contributed by atoms with E-state index in [1.54, 1.807) is 0 Å². The Morgan fingerprint density at radius 3 is 1.05 bits per heavy atom. The van der Waals surface area contributed by atoms with E-state index in [9.17, 15) is 0 Å². The third-order valence-corrected chi connectivity index (χ3v) is 18.8. The number of rotatable bonds is 8. The molecule has 1 aliphatic heterocycles. The Balaban J connectivity index is 0.986. The van der Waals surface area contributed by atoms with Gasteiger partial charge in [-0.3, -0.25) is 0 Å². The van der Waals surface area contributed by atoms with Crippen LogP contribution < -0.4 is 9.80 Å². The van der Waals surface area contributed by atoms with Gasteiger partial charge in [-0.25, -0.2) is 0 Å². The van der Waals surface area contributed by atoms with Crippen molar-refractivity contribution in [3.05, 3.63) is 394 Å². The number of fused-ring (bicyclic) bond motifs is 15. The lowest BCUT2D eigenvalue weighted by Crippen LogP contribution is -2.36. The number of nitrogens with zero attached hydrogens (tertiary/aromatic N) is 2. The smallest absolute Gasteiger partial charge is 0.0755 e. The fraction of sp³-hybridized carbons (Fsp3) is 0.0370. The molecule has 0 radical (unpaired) electrons. The molecule has 388 valence electrons. The summed E-state index contributed by atoms with van der Waals surface area (Å²) in [4.78, 5) is 5.08. The molecule has 4 aliphatic rings. The Hall–Kier alpha value is -10.5. The highest BCUT2D eigenvalue weighted by Crippen LogP contribution is 2.66. The van der Waals surface area contributed by atoms with E-state index in [-0.39, 0.29) is 0 Å². The van der Waals surface area contributed by atoms with Crippen molar-refractivity contribution in [3.63, 3.8) is 0 Å². The van der Waals surface area contributed by atoms with Crippen molar-refractivity contribution in [2.75, 3.05) is 9.80 Å². The van der Waals surface area contributed by atoms with Crippen LogP contribution in [0.5, 0.6) is 0 Å². The Bertz CT molecular complexity index is 4560. The maximum absolute atomic E-state index is 2.61. The highest BCUT2D eigenvalue weighted by molar-refractivity contribution is 6.01. The van der Waals surface area contributed by atoms with Crippen molar-refractivity contribution in [1.29, 1.82) is 0 Å². The number of hydrogen-bond acceptors (Lipinski definition) is 2. The molecule has 2 heteroatoms. The van der Waals surface area contributed by atoms with Gasteiger partial charge in [-0.05, 0) is 149 Å². The van der Waals surface area contributed by atoms with E-state index in [2.05, 4.69) is 337 Å². The average Bonchev–Trinajstić information content (AvgIpc) is 2.09. The zero-order valence-electron chi connectivity index (χ0n) is 45.6. The highest BCUT2D eigenvalue weighted by atomic mass is 15.2. The molecule has 1 spiro atoms. The molecule has 0 bridgehead atoms. The fourth-order valence-electron chi connectivity index (χ4n) is 15.7. The Labute approximate surface area is 485 Å². The molecule has 3 aliphatic carbocycles. The molecule has 0 unspecified atom stereocenters. The van der Waals surface area contributed by atoms with Crippen LogP contribution in [0.3, 0.4) is 0 Å². The second-order valence-corrected chi connectivity index (χ2v) is 22.6. The van der Waals surface area contributed by atoms with Crippen LogP contribution in [0.4, 0.5) is 34.1 Å². The van der Waals surface area contributed by atoms with Crippen LogP contribution >= 0.6 is 0 Å². The number of hydrogen-bond donors (Lipinski definition) is 0. The van der Waals surface area contributed by atoms with Gasteiger partial charge in [0, 0.05) is 22.6 Å². The predicted molar refractivity (Wildman–Crippen MR) is 341 cm³/mol. The first-order valence-corrected chi connectivity index (χ1v) is 29.0. The number of benzene rings is 13. The van der Waals surface area contributed by atoms with Crippen molar-refractivity contribution < 1.29 is 0 Å². The summed E-state index contributed by atoms with van der Waals surface area (Å²) >= 11 is 0. The van der Waals surface area contributed by atoms with Gasteiger partial charge in [0.25, 0.3) is 0 Å². The molecule has 17 rings (SSSR count). The van der Waals surface area contributed by atoms with Gasteiger partial charge in [0.1, 0.15) is 0 Å². The largest absolute Gasteiger partial charge is 0.310 e. The quantitative estimate of drug-likeness (QED) is 0.150. The first kappa shape index (κ1) is 47.3. The van der Waals surface area contributed by atoms with E-state index in [0.29, 0.717) is 0 Å². The predicted octanol–water partition coefficient (Wildman–Crippen LogP) is 20.0. The minimum atomic E-state index is -0.664. The van der Waals surface area contributed by atoms with Gasteiger partial charge in [0.2, 0.25) is 0 Å². The standard InChI is InChI=1S/C81H54N2/c1-6-27-55(28-7-1)79(56-29-8-2-9-30-56)69-42-21-18-39-66(69)78-72(79)45-26-48-77(78)82(60-49-51-64-62-37-16-19-40-67(62)80(73(64)53-60,57-31-10-3-11-32-57)58-33-12-4-13-34-58)61-50-52-65-63-38-17-20-41-68(63)81(74(65)54-61)70-43-22-24-46-75(70)83(59-35-14-5-15-36-59)76-47-25-23-44-71(76)81/h1-54H. The summed E-state index contributed by atoms with van der Waals surface area (Å²) in [6.45, 7) is 0. The van der Waals surface area contributed by atoms with Gasteiger partial charge in [0.15, 0.2) is 0 Å². The van der Waals surface area contributed by atoms with Gasteiger partial charge < -0.3 is 9.80 Å². The topological polar surface area (TPSA) is 6.48 Å². The molecule has 0 N–H and O–H groups in total. The number of para-hydroxylation sites is 3. The van der Waals surface area contributed by atoms with Crippen LogP contribution in [0, 0.1) is 0 Å². The lowest BCUT2D eigenvalue weighted by molar-refractivity contribution is 0.752. The SMILES string of the molecule is c1ccc(N2c3ccccc3C3(c4ccccc4-c4ccc(N(c5ccc6c(c5)C(c5ccccc5)(c5ccccc5)c5ccccc5-6)c5cccc6c5-c5ccccc5C6(c5ccccc5)c5ccccc5)cc43)c3ccccc32)cc1. The Morgan fingerprint density at radius 1 is 0.229 bits per heavy atom. The first-order valence-electron chi connectivity index (χ1n) is 29.0. The lowest BCUT2D eigenvalue weighted by atomic mass is 9.64. The molecule has 0 aromatic heterocycles. The maximum atomic E-state index is 2.61. The third kappa shape index (κ3) is 6.38. The number of anilines is 6. The van der Waals surface area contributed by atoms with Crippen molar-refractivity contribution >= 4 is 34.1 Å². The molecular formula is C81H54N2. The van der Waals surface area contributed by atoms with Crippen LogP contribution in [0.2, 0.25) is 0 Å². The molecule has 13 aromatic rings. The van der Waals surface area contributed by atoms with Gasteiger partial charge >= 0.3 is 0 Å². The van der Waals surface area contributed by atoms with Crippen molar-refractivity contribution in [3.8, 4) is 33.4 Å². The summed E-state index contributed by atoms with van der Waals surface area (Å²) in [6.07, 6.45) is 0. The van der Waals surface area contributed by atoms with Crippen LogP contribution in [0.25, 0.3) is 33.4 Å². The van der Waals surface area contributed by atoms with E-state index in [4.69, 9.17) is 0 Å². The van der Waals surface area contributed by atoms with E-state index in [1.807, 2.05) is 0 Å². The lowest BCUT2D eigenvalue weighted by Gasteiger charge is -2.45. The van der Waals surface area contributed by atoms with E-state index in [1.165, 1.54) is 112 Å². The van der Waals surface area contributed by atoms with E-state index < -0.39 is 16.2 Å². The summed E-state index contributed by atoms with van der Waals surface area (Å²) < 4.78 is 0.